The number of terminal acetylenes is 1. The maximum Gasteiger partial charge on any atom is 0.244 e. The third kappa shape index (κ3) is 4.07. The highest BCUT2D eigenvalue weighted by atomic mass is 16.5. The fourth-order valence-electron chi connectivity index (χ4n) is 1.87. The number of carbonyl (C=O) groups is 1. The lowest BCUT2D eigenvalue weighted by Crippen LogP contribution is -2.45. The van der Waals surface area contributed by atoms with Crippen molar-refractivity contribution in [2.75, 3.05) is 7.11 Å². The van der Waals surface area contributed by atoms with Crippen LogP contribution in [0.25, 0.3) is 11.4 Å². The van der Waals surface area contributed by atoms with Crippen LogP contribution < -0.4 is 10.1 Å². The Kier molecular flexibility index (Phi) is 4.96. The number of nitrogens with zero attached hydrogens (tertiary/aromatic N) is 4. The van der Waals surface area contributed by atoms with Gasteiger partial charge < -0.3 is 10.1 Å². The molecule has 1 atom stereocenters. The van der Waals surface area contributed by atoms with E-state index < -0.39 is 5.54 Å². The van der Waals surface area contributed by atoms with Crippen LogP contribution in [0.15, 0.2) is 24.3 Å². The van der Waals surface area contributed by atoms with Crippen molar-refractivity contribution in [3.05, 3.63) is 24.3 Å². The number of hydrogen-bond donors (Lipinski definition) is 1. The summed E-state index contributed by atoms with van der Waals surface area (Å²) in [7, 11) is 1.60. The van der Waals surface area contributed by atoms with Crippen molar-refractivity contribution in [2.45, 2.75) is 32.4 Å². The van der Waals surface area contributed by atoms with Gasteiger partial charge in [-0.05, 0) is 42.8 Å². The van der Waals surface area contributed by atoms with Gasteiger partial charge >= 0.3 is 0 Å². The van der Waals surface area contributed by atoms with E-state index in [-0.39, 0.29) is 12.5 Å². The van der Waals surface area contributed by atoms with Crippen LogP contribution in [0.3, 0.4) is 0 Å². The van der Waals surface area contributed by atoms with Crippen LogP contribution in [-0.4, -0.2) is 38.8 Å². The highest BCUT2D eigenvalue weighted by Gasteiger charge is 2.21. The minimum atomic E-state index is -0.670. The molecule has 0 saturated carbocycles. The molecule has 1 N–H and O–H groups in total. The second-order valence-electron chi connectivity index (χ2n) is 5.25. The van der Waals surface area contributed by atoms with Crippen molar-refractivity contribution in [1.82, 2.24) is 25.5 Å². The van der Waals surface area contributed by atoms with Crippen LogP contribution in [0.2, 0.25) is 0 Å². The lowest BCUT2D eigenvalue weighted by molar-refractivity contribution is -0.123. The standard InChI is InChI=1S/C16H19N5O2/c1-5-16(3,6-2)17-14(22)11-21-19-15(18-20-21)12-7-9-13(23-4)10-8-12/h1,7-10H,6,11H2,2-4H3,(H,17,22)/t16-/m1/s1. The minimum Gasteiger partial charge on any atom is -0.497 e. The first-order valence-electron chi connectivity index (χ1n) is 7.20. The first kappa shape index (κ1) is 16.5. The van der Waals surface area contributed by atoms with Crippen molar-refractivity contribution >= 4 is 5.91 Å². The Morgan fingerprint density at radius 2 is 2.13 bits per heavy atom. The number of rotatable bonds is 6. The number of carbonyl (C=O) groups excluding carboxylic acids is 1. The summed E-state index contributed by atoms with van der Waals surface area (Å²) in [5, 5.41) is 14.8. The van der Waals surface area contributed by atoms with Crippen LogP contribution in [0, 0.1) is 12.3 Å². The third-order valence-electron chi connectivity index (χ3n) is 3.53. The van der Waals surface area contributed by atoms with E-state index in [2.05, 4.69) is 26.6 Å². The smallest absolute Gasteiger partial charge is 0.244 e. The molecule has 1 amide bonds. The van der Waals surface area contributed by atoms with Gasteiger partial charge in [-0.1, -0.05) is 12.8 Å². The van der Waals surface area contributed by atoms with Crippen molar-refractivity contribution < 1.29 is 9.53 Å². The first-order valence-corrected chi connectivity index (χ1v) is 7.20. The second-order valence-corrected chi connectivity index (χ2v) is 5.25. The Bertz CT molecular complexity index is 717. The van der Waals surface area contributed by atoms with E-state index in [0.717, 1.165) is 11.3 Å². The molecule has 1 heterocycles. The monoisotopic (exact) mass is 313 g/mol. The van der Waals surface area contributed by atoms with E-state index in [1.165, 1.54) is 4.80 Å². The topological polar surface area (TPSA) is 81.9 Å². The molecule has 0 saturated heterocycles. The number of ether oxygens (including phenoxy) is 1. The molecule has 0 spiro atoms. The quantitative estimate of drug-likeness (QED) is 0.812. The van der Waals surface area contributed by atoms with Crippen LogP contribution in [0.1, 0.15) is 20.3 Å². The Labute approximate surface area is 135 Å². The molecule has 7 nitrogen and oxygen atoms in total. The zero-order valence-electron chi connectivity index (χ0n) is 13.4. The predicted octanol–water partition coefficient (Wildman–Crippen LogP) is 1.27. The largest absolute Gasteiger partial charge is 0.497 e. The maximum absolute atomic E-state index is 12.0. The molecule has 120 valence electrons. The second kappa shape index (κ2) is 6.92. The summed E-state index contributed by atoms with van der Waals surface area (Å²) in [5.74, 6) is 3.50. The normalized spacial score (nSPS) is 13.0. The molecule has 7 heteroatoms. The van der Waals surface area contributed by atoms with Crippen LogP contribution in [0.4, 0.5) is 0 Å². The molecule has 0 aliphatic carbocycles. The molecular formula is C16H19N5O2. The van der Waals surface area contributed by atoms with Gasteiger partial charge in [0.2, 0.25) is 11.7 Å². The van der Waals surface area contributed by atoms with Gasteiger partial charge in [0.15, 0.2) is 0 Å². The zero-order chi connectivity index (χ0) is 16.9. The molecule has 0 aliphatic rings. The Balaban J connectivity index is 2.04. The summed E-state index contributed by atoms with van der Waals surface area (Å²) < 4.78 is 5.10. The number of tetrazole rings is 1. The SMILES string of the molecule is C#C[C@](C)(CC)NC(=O)Cn1nnc(-c2ccc(OC)cc2)n1. The van der Waals surface area contributed by atoms with Gasteiger partial charge in [-0.2, -0.15) is 4.80 Å². The number of aromatic nitrogens is 4. The average molecular weight is 313 g/mol. The molecule has 2 rings (SSSR count). The summed E-state index contributed by atoms with van der Waals surface area (Å²) in [5.41, 5.74) is 0.121. The summed E-state index contributed by atoms with van der Waals surface area (Å²) in [6.07, 6.45) is 6.07. The molecule has 0 bridgehead atoms. The fraction of sp³-hybridized carbons (Fsp3) is 0.375. The highest BCUT2D eigenvalue weighted by molar-refractivity contribution is 5.77. The molecule has 1 aromatic heterocycles. The molecule has 0 radical (unpaired) electrons. The van der Waals surface area contributed by atoms with Gasteiger partial charge in [0, 0.05) is 5.56 Å². The maximum atomic E-state index is 12.0. The number of amides is 1. The van der Waals surface area contributed by atoms with Crippen molar-refractivity contribution in [2.24, 2.45) is 0 Å². The van der Waals surface area contributed by atoms with Gasteiger partial charge in [0.25, 0.3) is 0 Å². The molecule has 1 aromatic carbocycles. The Morgan fingerprint density at radius 3 is 2.70 bits per heavy atom. The Morgan fingerprint density at radius 1 is 1.43 bits per heavy atom. The van der Waals surface area contributed by atoms with Crippen LogP contribution in [-0.2, 0) is 11.3 Å². The Hall–Kier alpha value is -2.88. The molecule has 0 unspecified atom stereocenters. The average Bonchev–Trinajstić information content (AvgIpc) is 3.03. The van der Waals surface area contributed by atoms with Gasteiger partial charge in [-0.15, -0.1) is 16.6 Å². The first-order chi connectivity index (χ1) is 11.0. The van der Waals surface area contributed by atoms with E-state index in [1.54, 1.807) is 14.0 Å². The molecule has 2 aromatic rings. The zero-order valence-corrected chi connectivity index (χ0v) is 13.4. The lowest BCUT2D eigenvalue weighted by atomic mass is 10.0. The van der Waals surface area contributed by atoms with Gasteiger partial charge in [-0.25, -0.2) is 0 Å². The predicted molar refractivity (Wildman–Crippen MR) is 85.5 cm³/mol. The van der Waals surface area contributed by atoms with Crippen molar-refractivity contribution in [3.63, 3.8) is 0 Å². The van der Waals surface area contributed by atoms with E-state index >= 15 is 0 Å². The van der Waals surface area contributed by atoms with E-state index in [9.17, 15) is 4.79 Å². The lowest BCUT2D eigenvalue weighted by Gasteiger charge is -2.22. The van der Waals surface area contributed by atoms with Gasteiger partial charge in [0.1, 0.15) is 12.3 Å². The van der Waals surface area contributed by atoms with Gasteiger partial charge in [-0.3, -0.25) is 4.79 Å². The summed E-state index contributed by atoms with van der Waals surface area (Å²) in [4.78, 5) is 13.3. The molecule has 0 fully saturated rings. The summed E-state index contributed by atoms with van der Waals surface area (Å²) >= 11 is 0. The third-order valence-corrected chi connectivity index (χ3v) is 3.53. The van der Waals surface area contributed by atoms with Crippen LogP contribution >= 0.6 is 0 Å². The van der Waals surface area contributed by atoms with Crippen molar-refractivity contribution in [1.29, 1.82) is 0 Å². The van der Waals surface area contributed by atoms with Crippen molar-refractivity contribution in [3.8, 4) is 29.5 Å². The van der Waals surface area contributed by atoms with Gasteiger partial charge in [0.05, 0.1) is 12.6 Å². The molecular weight excluding hydrogens is 294 g/mol. The summed E-state index contributed by atoms with van der Waals surface area (Å²) in [6.45, 7) is 3.67. The fourth-order valence-corrected chi connectivity index (χ4v) is 1.87. The van der Waals surface area contributed by atoms with E-state index in [1.807, 2.05) is 31.2 Å². The summed E-state index contributed by atoms with van der Waals surface area (Å²) in [6, 6.07) is 7.27. The highest BCUT2D eigenvalue weighted by Crippen LogP contribution is 2.18. The van der Waals surface area contributed by atoms with Crippen LogP contribution in [0.5, 0.6) is 5.75 Å². The number of methoxy groups -OCH3 is 1. The van der Waals surface area contributed by atoms with E-state index in [0.29, 0.717) is 12.2 Å². The molecule has 0 aliphatic heterocycles. The number of nitrogens with one attached hydrogen (secondary N) is 1. The minimum absolute atomic E-state index is 0.0412. The molecule has 23 heavy (non-hydrogen) atoms. The number of benzene rings is 1. The number of hydrogen-bond acceptors (Lipinski definition) is 5. The van der Waals surface area contributed by atoms with E-state index in [4.69, 9.17) is 11.2 Å².